The Bertz CT molecular complexity index is 1470. The van der Waals surface area contributed by atoms with E-state index in [9.17, 15) is 13.2 Å². The Kier molecular flexibility index (Phi) is 6.66. The van der Waals surface area contributed by atoms with E-state index >= 15 is 0 Å². The van der Waals surface area contributed by atoms with E-state index in [1.54, 1.807) is 49.4 Å². The summed E-state index contributed by atoms with van der Waals surface area (Å²) in [5.41, 5.74) is 1.69. The average molecular weight is 568 g/mol. The van der Waals surface area contributed by atoms with Crippen LogP contribution >= 0.6 is 38.9 Å². The van der Waals surface area contributed by atoms with Gasteiger partial charge in [-0.15, -0.1) is 10.2 Å². The molecule has 12 heteroatoms. The molecule has 2 aromatic heterocycles. The van der Waals surface area contributed by atoms with Crippen molar-refractivity contribution in [1.82, 2.24) is 20.0 Å². The molecule has 0 N–H and O–H groups in total. The second kappa shape index (κ2) is 9.34. The molecule has 0 spiro atoms. The number of hydrogen-bond donors (Lipinski definition) is 0. The van der Waals surface area contributed by atoms with Gasteiger partial charge in [0, 0.05) is 11.8 Å². The predicted octanol–water partition coefficient (Wildman–Crippen LogP) is 5.05. The minimum absolute atomic E-state index is 0.0718. The molecule has 4 aromatic rings. The Morgan fingerprint density at radius 1 is 1.15 bits per heavy atom. The molecular weight excluding hydrogens is 552 g/mol. The molecule has 0 bridgehead atoms. The van der Waals surface area contributed by atoms with Crippen LogP contribution < -0.4 is 0 Å². The van der Waals surface area contributed by atoms with Gasteiger partial charge in [-0.25, -0.2) is 17.9 Å². The van der Waals surface area contributed by atoms with Crippen molar-refractivity contribution in [2.75, 3.05) is 12.9 Å². The number of hydrogen-bond acceptors (Lipinski definition) is 8. The predicted molar refractivity (Wildman–Crippen MR) is 130 cm³/mol. The highest BCUT2D eigenvalue weighted by atomic mass is 79.9. The van der Waals surface area contributed by atoms with Crippen LogP contribution in [0.3, 0.4) is 0 Å². The average Bonchev–Trinajstić information content (AvgIpc) is 3.38. The first kappa shape index (κ1) is 23.6. The Morgan fingerprint density at radius 3 is 2.58 bits per heavy atom. The summed E-state index contributed by atoms with van der Waals surface area (Å²) in [4.78, 5) is 12.7. The lowest BCUT2D eigenvalue weighted by atomic mass is 10.2. The smallest absolute Gasteiger partial charge is 0.360 e. The summed E-state index contributed by atoms with van der Waals surface area (Å²) < 4.78 is 30.9. The lowest BCUT2D eigenvalue weighted by Gasteiger charge is -2.07. The van der Waals surface area contributed by atoms with Gasteiger partial charge < -0.3 is 4.74 Å². The number of nitrogens with zero attached hydrogens (tertiary/aromatic N) is 4. The summed E-state index contributed by atoms with van der Waals surface area (Å²) in [6, 6.07) is 13.5. The van der Waals surface area contributed by atoms with E-state index in [0.717, 1.165) is 6.26 Å². The van der Waals surface area contributed by atoms with E-state index in [0.29, 0.717) is 36.5 Å². The van der Waals surface area contributed by atoms with Gasteiger partial charge in [0.2, 0.25) is 0 Å². The molecule has 2 heterocycles. The molecule has 0 saturated heterocycles. The summed E-state index contributed by atoms with van der Waals surface area (Å²) in [5.74, 6) is -0.595. The number of esters is 1. The third-order valence-corrected chi connectivity index (χ3v) is 7.67. The van der Waals surface area contributed by atoms with Crippen LogP contribution in [0.2, 0.25) is 5.02 Å². The third kappa shape index (κ3) is 4.72. The second-order valence-corrected chi connectivity index (χ2v) is 11.0. The fourth-order valence-electron chi connectivity index (χ4n) is 3.01. The van der Waals surface area contributed by atoms with Gasteiger partial charge in [-0.1, -0.05) is 47.2 Å². The number of halogens is 2. The van der Waals surface area contributed by atoms with Crippen molar-refractivity contribution in [2.24, 2.45) is 0 Å². The maximum Gasteiger partial charge on any atom is 0.360 e. The van der Waals surface area contributed by atoms with Crippen LogP contribution in [0.5, 0.6) is 0 Å². The highest BCUT2D eigenvalue weighted by Crippen LogP contribution is 2.38. The van der Waals surface area contributed by atoms with Gasteiger partial charge in [-0.05, 0) is 47.1 Å². The van der Waals surface area contributed by atoms with Crippen molar-refractivity contribution in [2.45, 2.75) is 11.8 Å². The molecule has 8 nitrogen and oxygen atoms in total. The molecule has 2 aromatic carbocycles. The Morgan fingerprint density at radius 2 is 1.88 bits per heavy atom. The molecule has 0 aliphatic rings. The maximum absolute atomic E-state index is 12.5. The van der Waals surface area contributed by atoms with Crippen molar-refractivity contribution in [3.8, 4) is 27.0 Å². The normalized spacial score (nSPS) is 11.5. The molecule has 0 unspecified atom stereocenters. The molecule has 0 aliphatic heterocycles. The van der Waals surface area contributed by atoms with Gasteiger partial charge >= 0.3 is 5.97 Å². The fraction of sp³-hybridized carbons (Fsp3) is 0.143. The number of sulfone groups is 1. The van der Waals surface area contributed by atoms with Crippen molar-refractivity contribution >= 4 is 54.7 Å². The zero-order chi connectivity index (χ0) is 23.8. The second-order valence-electron chi connectivity index (χ2n) is 6.81. The maximum atomic E-state index is 12.5. The molecule has 170 valence electrons. The number of para-hydroxylation sites is 1. The Hall–Kier alpha value is -2.60. The van der Waals surface area contributed by atoms with Crippen LogP contribution in [0.25, 0.3) is 27.0 Å². The number of aromatic nitrogens is 4. The first-order chi connectivity index (χ1) is 15.7. The van der Waals surface area contributed by atoms with Gasteiger partial charge in [-0.3, -0.25) is 0 Å². The highest BCUT2D eigenvalue weighted by Gasteiger charge is 2.27. The standard InChI is InChI=1S/C21H16BrClN4O4S2/c1-3-31-21(28)17-16(22)18(27(26-17)15-10-5-4-9-14(15)23)20-25-24-19(32-20)12-7-6-8-13(11-12)33(2,29)30/h4-11H,3H2,1-2H3. The van der Waals surface area contributed by atoms with Crippen LogP contribution in [-0.4, -0.2) is 47.2 Å². The molecule has 0 atom stereocenters. The quantitative estimate of drug-likeness (QED) is 0.300. The van der Waals surface area contributed by atoms with Crippen molar-refractivity contribution < 1.29 is 17.9 Å². The van der Waals surface area contributed by atoms with Crippen molar-refractivity contribution in [3.05, 3.63) is 63.7 Å². The number of benzene rings is 2. The van der Waals surface area contributed by atoms with Crippen LogP contribution in [0, 0.1) is 0 Å². The minimum Gasteiger partial charge on any atom is -0.461 e. The van der Waals surface area contributed by atoms with Crippen molar-refractivity contribution in [1.29, 1.82) is 0 Å². The zero-order valence-corrected chi connectivity index (χ0v) is 21.3. The first-order valence-electron chi connectivity index (χ1n) is 9.55. The number of carbonyl (C=O) groups is 1. The topological polar surface area (TPSA) is 104 Å². The first-order valence-corrected chi connectivity index (χ1v) is 13.4. The number of rotatable bonds is 6. The Labute approximate surface area is 207 Å². The van der Waals surface area contributed by atoms with E-state index in [1.165, 1.54) is 22.1 Å². The van der Waals surface area contributed by atoms with E-state index in [-0.39, 0.29) is 17.2 Å². The minimum atomic E-state index is -3.38. The molecule has 0 aliphatic carbocycles. The molecule has 0 saturated carbocycles. The highest BCUT2D eigenvalue weighted by molar-refractivity contribution is 9.10. The number of carbonyl (C=O) groups excluding carboxylic acids is 1. The SMILES string of the molecule is CCOC(=O)c1nn(-c2ccccc2Cl)c(-c2nnc(-c3cccc(S(C)(=O)=O)c3)s2)c1Br. The summed E-state index contributed by atoms with van der Waals surface area (Å²) in [5, 5.41) is 14.3. The van der Waals surface area contributed by atoms with Crippen LogP contribution in [0.4, 0.5) is 0 Å². The largest absolute Gasteiger partial charge is 0.461 e. The third-order valence-electron chi connectivity index (χ3n) is 4.51. The molecule has 4 rings (SSSR count). The summed E-state index contributed by atoms with van der Waals surface area (Å²) in [6.45, 7) is 1.90. The lowest BCUT2D eigenvalue weighted by molar-refractivity contribution is 0.0518. The summed E-state index contributed by atoms with van der Waals surface area (Å²) in [6.07, 6.45) is 1.15. The van der Waals surface area contributed by atoms with Crippen LogP contribution in [-0.2, 0) is 14.6 Å². The Balaban J connectivity index is 1.87. The lowest BCUT2D eigenvalue weighted by Crippen LogP contribution is -2.07. The van der Waals surface area contributed by atoms with Gasteiger partial charge in [0.05, 0.1) is 26.7 Å². The van der Waals surface area contributed by atoms with Gasteiger partial charge in [0.25, 0.3) is 0 Å². The van der Waals surface area contributed by atoms with E-state index in [1.807, 2.05) is 0 Å². The van der Waals surface area contributed by atoms with E-state index in [2.05, 4.69) is 31.2 Å². The molecular formula is C21H16BrClN4O4S2. The van der Waals surface area contributed by atoms with Crippen LogP contribution in [0.1, 0.15) is 17.4 Å². The molecule has 0 fully saturated rings. The van der Waals surface area contributed by atoms with Crippen LogP contribution in [0.15, 0.2) is 57.9 Å². The van der Waals surface area contributed by atoms with Gasteiger partial charge in [0.1, 0.15) is 10.7 Å². The summed E-state index contributed by atoms with van der Waals surface area (Å²) >= 11 is 11.1. The monoisotopic (exact) mass is 566 g/mol. The van der Waals surface area contributed by atoms with E-state index in [4.69, 9.17) is 16.3 Å². The molecule has 0 radical (unpaired) electrons. The van der Waals surface area contributed by atoms with E-state index < -0.39 is 15.8 Å². The number of ether oxygens (including phenoxy) is 1. The molecule has 0 amide bonds. The van der Waals surface area contributed by atoms with Crippen molar-refractivity contribution in [3.63, 3.8) is 0 Å². The summed E-state index contributed by atoms with van der Waals surface area (Å²) in [7, 11) is -3.38. The van der Waals surface area contributed by atoms with Gasteiger partial charge in [-0.2, -0.15) is 5.10 Å². The zero-order valence-electron chi connectivity index (χ0n) is 17.3. The fourth-order valence-corrected chi connectivity index (χ4v) is 5.49. The molecule has 33 heavy (non-hydrogen) atoms. The van der Waals surface area contributed by atoms with Gasteiger partial charge in [0.15, 0.2) is 20.5 Å².